The molecule has 0 fully saturated rings. The predicted octanol–water partition coefficient (Wildman–Crippen LogP) is 2.39. The van der Waals surface area contributed by atoms with Crippen molar-refractivity contribution in [1.82, 2.24) is 0 Å². The monoisotopic (exact) mass is 366 g/mol. The topological polar surface area (TPSA) is 112 Å². The van der Waals surface area contributed by atoms with Gasteiger partial charge < -0.3 is 19.9 Å². The molecular formula is C20H18N2O5. The minimum absolute atomic E-state index is 0.0269. The zero-order valence-corrected chi connectivity index (χ0v) is 15.2. The lowest BCUT2D eigenvalue weighted by molar-refractivity contribution is -0.199. The van der Waals surface area contributed by atoms with Gasteiger partial charge in [-0.2, -0.15) is 5.26 Å². The highest BCUT2D eigenvalue weighted by Crippen LogP contribution is 2.69. The third-order valence-electron chi connectivity index (χ3n) is 5.46. The number of rotatable bonds is 3. The van der Waals surface area contributed by atoms with Gasteiger partial charge in [-0.05, 0) is 20.3 Å². The molecule has 3 aliphatic rings. The molecule has 7 nitrogen and oxygen atoms in total. The van der Waals surface area contributed by atoms with Crippen LogP contribution >= 0.6 is 0 Å². The third-order valence-corrected chi connectivity index (χ3v) is 5.46. The van der Waals surface area contributed by atoms with Gasteiger partial charge >= 0.3 is 11.8 Å². The first-order valence-electron chi connectivity index (χ1n) is 8.70. The zero-order chi connectivity index (χ0) is 19.6. The van der Waals surface area contributed by atoms with Gasteiger partial charge in [0.1, 0.15) is 23.0 Å². The molecule has 0 spiro atoms. The van der Waals surface area contributed by atoms with Crippen LogP contribution in [-0.4, -0.2) is 17.9 Å². The second-order valence-electron chi connectivity index (χ2n) is 6.85. The summed E-state index contributed by atoms with van der Waals surface area (Å²) in [5.74, 6) is -2.89. The van der Waals surface area contributed by atoms with Crippen molar-refractivity contribution < 1.29 is 23.8 Å². The molecule has 27 heavy (non-hydrogen) atoms. The number of nitrogens with zero attached hydrogens (tertiary/aromatic N) is 1. The first-order chi connectivity index (χ1) is 12.8. The van der Waals surface area contributed by atoms with E-state index in [2.05, 4.69) is 0 Å². The molecule has 1 aromatic rings. The highest BCUT2D eigenvalue weighted by atomic mass is 16.7. The van der Waals surface area contributed by atoms with Crippen LogP contribution in [-0.2, 0) is 24.8 Å². The number of ether oxygens (including phenoxy) is 3. The lowest BCUT2D eigenvalue weighted by Gasteiger charge is -2.31. The summed E-state index contributed by atoms with van der Waals surface area (Å²) in [5, 5.41) is 9.78. The van der Waals surface area contributed by atoms with Gasteiger partial charge in [-0.25, -0.2) is 4.79 Å². The number of allylic oxidation sites excluding steroid dienone is 1. The molecule has 2 aliphatic heterocycles. The van der Waals surface area contributed by atoms with Gasteiger partial charge in [0.15, 0.2) is 11.2 Å². The van der Waals surface area contributed by atoms with Crippen molar-refractivity contribution >= 4 is 11.8 Å². The van der Waals surface area contributed by atoms with E-state index in [4.69, 9.17) is 19.9 Å². The van der Waals surface area contributed by atoms with Crippen molar-refractivity contribution in [3.63, 3.8) is 0 Å². The molecule has 0 aromatic heterocycles. The molecule has 0 saturated heterocycles. The molecule has 2 N–H and O–H groups in total. The molecule has 4 rings (SSSR count). The van der Waals surface area contributed by atoms with E-state index in [1.54, 1.807) is 38.1 Å². The number of hydrogen-bond donors (Lipinski definition) is 1. The van der Waals surface area contributed by atoms with Crippen LogP contribution in [0.25, 0.3) is 0 Å². The first kappa shape index (κ1) is 17.2. The van der Waals surface area contributed by atoms with Gasteiger partial charge in [0.05, 0.1) is 6.10 Å². The van der Waals surface area contributed by atoms with E-state index in [1.165, 1.54) is 0 Å². The van der Waals surface area contributed by atoms with Crippen LogP contribution in [0.15, 0.2) is 47.1 Å². The molecule has 0 amide bonds. The molecule has 2 heterocycles. The SMILES string of the molecule is CCC(C)OC(=O)C1=C(C)O[C@]23OC(N)=C(C#N)[C@@]12C(=O)c1ccccc13. The van der Waals surface area contributed by atoms with Gasteiger partial charge in [0, 0.05) is 11.1 Å². The van der Waals surface area contributed by atoms with E-state index >= 15 is 0 Å². The van der Waals surface area contributed by atoms with Crippen LogP contribution in [0.1, 0.15) is 43.1 Å². The maximum absolute atomic E-state index is 13.6. The van der Waals surface area contributed by atoms with Crippen molar-refractivity contribution in [2.45, 2.75) is 39.1 Å². The van der Waals surface area contributed by atoms with Crippen LogP contribution in [0.2, 0.25) is 0 Å². The second-order valence-corrected chi connectivity index (χ2v) is 6.85. The Morgan fingerprint density at radius 3 is 2.74 bits per heavy atom. The smallest absolute Gasteiger partial charge is 0.339 e. The summed E-state index contributed by atoms with van der Waals surface area (Å²) in [6.45, 7) is 5.19. The average Bonchev–Trinajstić information content (AvgIpc) is 3.11. The van der Waals surface area contributed by atoms with Crippen molar-refractivity contribution in [3.8, 4) is 6.07 Å². The summed E-state index contributed by atoms with van der Waals surface area (Å²) in [7, 11) is 0. The van der Waals surface area contributed by atoms with Crippen molar-refractivity contribution in [2.24, 2.45) is 11.1 Å². The van der Waals surface area contributed by atoms with Crippen LogP contribution in [0, 0.1) is 16.7 Å². The zero-order valence-electron chi connectivity index (χ0n) is 15.2. The van der Waals surface area contributed by atoms with Crippen LogP contribution in [0.5, 0.6) is 0 Å². The van der Waals surface area contributed by atoms with E-state index < -0.39 is 23.0 Å². The Balaban J connectivity index is 2.00. The molecule has 1 unspecified atom stereocenters. The molecule has 0 radical (unpaired) electrons. The molecule has 1 aliphatic carbocycles. The lowest BCUT2D eigenvalue weighted by Crippen LogP contribution is -2.45. The number of hydrogen-bond acceptors (Lipinski definition) is 7. The maximum Gasteiger partial charge on any atom is 0.339 e. The van der Waals surface area contributed by atoms with Gasteiger partial charge in [-0.3, -0.25) is 4.79 Å². The number of carbonyl (C=O) groups excluding carboxylic acids is 2. The second kappa shape index (κ2) is 5.36. The quantitative estimate of drug-likeness (QED) is 0.817. The van der Waals surface area contributed by atoms with Crippen molar-refractivity contribution in [3.05, 3.63) is 58.2 Å². The molecular weight excluding hydrogens is 348 g/mol. The number of nitrogens with two attached hydrogens (primary N) is 1. The number of ketones is 1. The molecule has 1 aromatic carbocycles. The number of nitriles is 1. The number of carbonyl (C=O) groups is 2. The summed E-state index contributed by atoms with van der Waals surface area (Å²) >= 11 is 0. The Labute approximate surface area is 156 Å². The van der Waals surface area contributed by atoms with E-state index in [-0.39, 0.29) is 28.9 Å². The number of Topliss-reactive ketones (excluding diaryl/α,β-unsaturated/α-hetero) is 1. The molecule has 0 saturated carbocycles. The summed E-state index contributed by atoms with van der Waals surface area (Å²) in [5.41, 5.74) is 4.77. The van der Waals surface area contributed by atoms with Gasteiger partial charge in [0.25, 0.3) is 0 Å². The fourth-order valence-electron chi connectivity index (χ4n) is 4.17. The Bertz CT molecular complexity index is 1000. The van der Waals surface area contributed by atoms with E-state index in [0.717, 1.165) is 0 Å². The summed E-state index contributed by atoms with van der Waals surface area (Å²) in [4.78, 5) is 26.6. The molecule has 138 valence electrons. The number of benzene rings is 1. The van der Waals surface area contributed by atoms with Crippen LogP contribution in [0.4, 0.5) is 0 Å². The van der Waals surface area contributed by atoms with Gasteiger partial charge in [-0.1, -0.05) is 31.2 Å². The normalized spacial score (nSPS) is 28.7. The maximum atomic E-state index is 13.6. The summed E-state index contributed by atoms with van der Waals surface area (Å²) < 4.78 is 17.3. The Morgan fingerprint density at radius 1 is 1.37 bits per heavy atom. The van der Waals surface area contributed by atoms with Crippen molar-refractivity contribution in [2.75, 3.05) is 0 Å². The number of fused-ring (bicyclic) bond motifs is 1. The largest absolute Gasteiger partial charge is 0.459 e. The lowest BCUT2D eigenvalue weighted by atomic mass is 9.69. The third kappa shape index (κ3) is 1.75. The first-order valence-corrected chi connectivity index (χ1v) is 8.70. The van der Waals surface area contributed by atoms with E-state index in [1.807, 2.05) is 13.0 Å². The fourth-order valence-corrected chi connectivity index (χ4v) is 4.17. The highest BCUT2D eigenvalue weighted by Gasteiger charge is 2.80. The minimum atomic E-state index is -1.79. The summed E-state index contributed by atoms with van der Waals surface area (Å²) in [6.07, 6.45) is 0.238. The summed E-state index contributed by atoms with van der Waals surface area (Å²) in [6, 6.07) is 8.70. The fraction of sp³-hybridized carbons (Fsp3) is 0.350. The highest BCUT2D eigenvalue weighted by molar-refractivity contribution is 6.16. The molecule has 0 bridgehead atoms. The average molecular weight is 366 g/mol. The standard InChI is InChI=1S/C20H18N2O5/c1-4-10(2)25-18(24)15-11(3)26-20-13-8-6-5-7-12(13)16(23)19(15,20)14(9-21)17(22)27-20/h5-8,10H,4,22H2,1-3H3/t10?,19-,20+/m0/s1. The number of esters is 1. The van der Waals surface area contributed by atoms with Gasteiger partial charge in [0.2, 0.25) is 5.88 Å². The van der Waals surface area contributed by atoms with Gasteiger partial charge in [-0.15, -0.1) is 0 Å². The predicted molar refractivity (Wildman–Crippen MR) is 92.4 cm³/mol. The Kier molecular flexibility index (Phi) is 3.41. The van der Waals surface area contributed by atoms with E-state index in [0.29, 0.717) is 17.5 Å². The molecule has 3 atom stereocenters. The van der Waals surface area contributed by atoms with Crippen LogP contribution in [0.3, 0.4) is 0 Å². The minimum Gasteiger partial charge on any atom is -0.459 e. The Morgan fingerprint density at radius 2 is 2.07 bits per heavy atom. The molecule has 7 heteroatoms. The van der Waals surface area contributed by atoms with E-state index in [9.17, 15) is 14.9 Å². The van der Waals surface area contributed by atoms with Crippen molar-refractivity contribution in [1.29, 1.82) is 5.26 Å². The van der Waals surface area contributed by atoms with Crippen LogP contribution < -0.4 is 5.73 Å². The Hall–Kier alpha value is -3.27.